The summed E-state index contributed by atoms with van der Waals surface area (Å²) in [5.41, 5.74) is 1.32. The molecule has 1 aromatic carbocycles. The summed E-state index contributed by atoms with van der Waals surface area (Å²) in [4.78, 5) is 10.6. The minimum Gasteiger partial charge on any atom is -0.476 e. The highest BCUT2D eigenvalue weighted by atomic mass is 35.5. The molecule has 2 heterocycles. The second-order valence-corrected chi connectivity index (χ2v) is 6.14. The number of hydrogen-bond acceptors (Lipinski definition) is 4. The summed E-state index contributed by atoms with van der Waals surface area (Å²) in [6.07, 6.45) is 7.30. The van der Waals surface area contributed by atoms with E-state index in [9.17, 15) is 0 Å². The van der Waals surface area contributed by atoms with Crippen LogP contribution in [0.3, 0.4) is 0 Å². The summed E-state index contributed by atoms with van der Waals surface area (Å²) in [7, 11) is 0. The SMILES string of the molecule is Clc1ccc(CN2CCC(COc3cnccn3)CC2)cc1. The number of rotatable bonds is 5. The van der Waals surface area contributed by atoms with Gasteiger partial charge in [0.1, 0.15) is 0 Å². The molecule has 1 saturated heterocycles. The summed E-state index contributed by atoms with van der Waals surface area (Å²) < 4.78 is 5.71. The van der Waals surface area contributed by atoms with Crippen molar-refractivity contribution in [1.82, 2.24) is 14.9 Å². The molecule has 4 nitrogen and oxygen atoms in total. The predicted molar refractivity (Wildman–Crippen MR) is 87.0 cm³/mol. The summed E-state index contributed by atoms with van der Waals surface area (Å²) in [6, 6.07) is 8.12. The van der Waals surface area contributed by atoms with Crippen LogP contribution in [0.5, 0.6) is 5.88 Å². The first-order chi connectivity index (χ1) is 10.8. The second kappa shape index (κ2) is 7.56. The monoisotopic (exact) mass is 317 g/mol. The number of piperidine rings is 1. The molecule has 0 spiro atoms. The Kier molecular flexibility index (Phi) is 5.24. The van der Waals surface area contributed by atoms with Crippen LogP contribution in [-0.2, 0) is 6.54 Å². The summed E-state index contributed by atoms with van der Waals surface area (Å²) in [5.74, 6) is 1.22. The first kappa shape index (κ1) is 15.3. The first-order valence-electron chi connectivity index (χ1n) is 7.65. The van der Waals surface area contributed by atoms with Crippen LogP contribution >= 0.6 is 11.6 Å². The highest BCUT2D eigenvalue weighted by Crippen LogP contribution is 2.20. The molecule has 3 rings (SSSR count). The molecule has 1 fully saturated rings. The Labute approximate surface area is 136 Å². The standard InChI is InChI=1S/C17H20ClN3O/c18-16-3-1-14(2-4-16)12-21-9-5-15(6-10-21)13-22-17-11-19-7-8-20-17/h1-4,7-8,11,15H,5-6,9-10,12-13H2. The Hall–Kier alpha value is -1.65. The summed E-state index contributed by atoms with van der Waals surface area (Å²) >= 11 is 5.92. The van der Waals surface area contributed by atoms with Crippen LogP contribution in [0.15, 0.2) is 42.9 Å². The van der Waals surface area contributed by atoms with Crippen molar-refractivity contribution in [3.05, 3.63) is 53.4 Å². The van der Waals surface area contributed by atoms with E-state index in [0.29, 0.717) is 11.8 Å². The molecular weight excluding hydrogens is 298 g/mol. The zero-order valence-electron chi connectivity index (χ0n) is 12.5. The third kappa shape index (κ3) is 4.42. The van der Waals surface area contributed by atoms with Crippen LogP contribution in [-0.4, -0.2) is 34.6 Å². The molecule has 0 bridgehead atoms. The van der Waals surface area contributed by atoms with E-state index in [1.54, 1.807) is 18.6 Å². The Morgan fingerprint density at radius 3 is 2.59 bits per heavy atom. The van der Waals surface area contributed by atoms with Crippen molar-refractivity contribution in [3.8, 4) is 5.88 Å². The molecule has 0 atom stereocenters. The van der Waals surface area contributed by atoms with E-state index in [2.05, 4.69) is 27.0 Å². The van der Waals surface area contributed by atoms with E-state index in [-0.39, 0.29) is 0 Å². The number of ether oxygens (including phenoxy) is 1. The molecule has 0 radical (unpaired) electrons. The topological polar surface area (TPSA) is 38.2 Å². The van der Waals surface area contributed by atoms with Gasteiger partial charge < -0.3 is 4.74 Å². The van der Waals surface area contributed by atoms with Crippen molar-refractivity contribution in [2.75, 3.05) is 19.7 Å². The molecule has 0 unspecified atom stereocenters. The van der Waals surface area contributed by atoms with E-state index in [4.69, 9.17) is 16.3 Å². The first-order valence-corrected chi connectivity index (χ1v) is 8.03. The molecule has 0 N–H and O–H groups in total. The third-order valence-corrected chi connectivity index (χ3v) is 4.28. The lowest BCUT2D eigenvalue weighted by Crippen LogP contribution is -2.35. The van der Waals surface area contributed by atoms with E-state index >= 15 is 0 Å². The average molecular weight is 318 g/mol. The highest BCUT2D eigenvalue weighted by Gasteiger charge is 2.20. The quantitative estimate of drug-likeness (QED) is 0.847. The molecule has 2 aromatic rings. The van der Waals surface area contributed by atoms with Gasteiger partial charge in [-0.15, -0.1) is 0 Å². The number of hydrogen-bond donors (Lipinski definition) is 0. The highest BCUT2D eigenvalue weighted by molar-refractivity contribution is 6.30. The fourth-order valence-electron chi connectivity index (χ4n) is 2.72. The van der Waals surface area contributed by atoms with Gasteiger partial charge in [0.05, 0.1) is 12.8 Å². The lowest BCUT2D eigenvalue weighted by molar-refractivity contribution is 0.134. The maximum atomic E-state index is 5.92. The molecule has 22 heavy (non-hydrogen) atoms. The third-order valence-electron chi connectivity index (χ3n) is 4.03. The van der Waals surface area contributed by atoms with Gasteiger partial charge in [-0.05, 0) is 49.5 Å². The van der Waals surface area contributed by atoms with Crippen LogP contribution in [0.4, 0.5) is 0 Å². The lowest BCUT2D eigenvalue weighted by Gasteiger charge is -2.31. The fourth-order valence-corrected chi connectivity index (χ4v) is 2.85. The van der Waals surface area contributed by atoms with Crippen LogP contribution in [0.25, 0.3) is 0 Å². The van der Waals surface area contributed by atoms with Gasteiger partial charge in [-0.25, -0.2) is 4.98 Å². The fraction of sp³-hybridized carbons (Fsp3) is 0.412. The Morgan fingerprint density at radius 2 is 1.91 bits per heavy atom. The zero-order valence-corrected chi connectivity index (χ0v) is 13.2. The molecular formula is C17H20ClN3O. The number of likely N-dealkylation sites (tertiary alicyclic amines) is 1. The maximum Gasteiger partial charge on any atom is 0.232 e. The molecule has 0 saturated carbocycles. The van der Waals surface area contributed by atoms with Crippen molar-refractivity contribution < 1.29 is 4.74 Å². The molecule has 0 amide bonds. The van der Waals surface area contributed by atoms with Gasteiger partial charge in [-0.1, -0.05) is 23.7 Å². The molecule has 1 aliphatic rings. The molecule has 5 heteroatoms. The number of halogens is 1. The van der Waals surface area contributed by atoms with Gasteiger partial charge in [-0.3, -0.25) is 9.88 Å². The van der Waals surface area contributed by atoms with E-state index in [1.165, 1.54) is 5.56 Å². The van der Waals surface area contributed by atoms with Crippen molar-refractivity contribution >= 4 is 11.6 Å². The Bertz CT molecular complexity index is 568. The zero-order chi connectivity index (χ0) is 15.2. The lowest BCUT2D eigenvalue weighted by atomic mass is 9.97. The Balaban J connectivity index is 1.41. The maximum absolute atomic E-state index is 5.92. The van der Waals surface area contributed by atoms with Crippen LogP contribution in [0.1, 0.15) is 18.4 Å². The Morgan fingerprint density at radius 1 is 1.14 bits per heavy atom. The minimum absolute atomic E-state index is 0.600. The van der Waals surface area contributed by atoms with Gasteiger partial charge in [0.2, 0.25) is 5.88 Å². The molecule has 116 valence electrons. The van der Waals surface area contributed by atoms with E-state index < -0.39 is 0 Å². The number of benzene rings is 1. The van der Waals surface area contributed by atoms with E-state index in [0.717, 1.165) is 44.1 Å². The predicted octanol–water partition coefficient (Wildman–Crippen LogP) is 3.42. The summed E-state index contributed by atoms with van der Waals surface area (Å²) in [6.45, 7) is 3.94. The van der Waals surface area contributed by atoms with Gasteiger partial charge in [0, 0.05) is 24.0 Å². The van der Waals surface area contributed by atoms with Crippen LogP contribution in [0, 0.1) is 5.92 Å². The average Bonchev–Trinajstić information content (AvgIpc) is 2.57. The number of nitrogens with zero attached hydrogens (tertiary/aromatic N) is 3. The van der Waals surface area contributed by atoms with Gasteiger partial charge in [0.15, 0.2) is 0 Å². The van der Waals surface area contributed by atoms with Crippen molar-refractivity contribution in [2.45, 2.75) is 19.4 Å². The van der Waals surface area contributed by atoms with Crippen LogP contribution in [0.2, 0.25) is 5.02 Å². The largest absolute Gasteiger partial charge is 0.476 e. The minimum atomic E-state index is 0.600. The molecule has 0 aliphatic carbocycles. The van der Waals surface area contributed by atoms with Crippen molar-refractivity contribution in [1.29, 1.82) is 0 Å². The summed E-state index contributed by atoms with van der Waals surface area (Å²) in [5, 5.41) is 0.795. The molecule has 1 aliphatic heterocycles. The van der Waals surface area contributed by atoms with Gasteiger partial charge in [-0.2, -0.15) is 0 Å². The van der Waals surface area contributed by atoms with Crippen molar-refractivity contribution in [2.24, 2.45) is 5.92 Å². The van der Waals surface area contributed by atoms with E-state index in [1.807, 2.05) is 12.1 Å². The van der Waals surface area contributed by atoms with Gasteiger partial charge >= 0.3 is 0 Å². The smallest absolute Gasteiger partial charge is 0.232 e. The molecule has 1 aromatic heterocycles. The second-order valence-electron chi connectivity index (χ2n) is 5.70. The number of aromatic nitrogens is 2. The van der Waals surface area contributed by atoms with Gasteiger partial charge in [0.25, 0.3) is 0 Å². The normalized spacial score (nSPS) is 16.6. The van der Waals surface area contributed by atoms with Crippen molar-refractivity contribution in [3.63, 3.8) is 0 Å². The van der Waals surface area contributed by atoms with Crippen LogP contribution < -0.4 is 4.74 Å².